The van der Waals surface area contributed by atoms with Gasteiger partial charge < -0.3 is 15.3 Å². The number of halogens is 2. The van der Waals surface area contributed by atoms with Gasteiger partial charge in [-0.25, -0.2) is 0 Å². The molecular weight excluding hydrogens is 377 g/mol. The molecule has 6 nitrogen and oxygen atoms in total. The Morgan fingerprint density at radius 1 is 1.19 bits per heavy atom. The second kappa shape index (κ2) is 9.80. The Labute approximate surface area is 163 Å². The number of rotatable bonds is 7. The van der Waals surface area contributed by atoms with Crippen LogP contribution in [0.4, 0.5) is 0 Å². The van der Waals surface area contributed by atoms with E-state index in [4.69, 9.17) is 23.2 Å². The lowest BCUT2D eigenvalue weighted by atomic mass is 10.1. The highest BCUT2D eigenvalue weighted by atomic mass is 35.5. The van der Waals surface area contributed by atoms with Gasteiger partial charge in [0.05, 0.1) is 10.0 Å². The van der Waals surface area contributed by atoms with E-state index in [-0.39, 0.29) is 17.6 Å². The van der Waals surface area contributed by atoms with Gasteiger partial charge in [-0.15, -0.1) is 0 Å². The Kier molecular flexibility index (Phi) is 7.75. The van der Waals surface area contributed by atoms with E-state index in [2.05, 4.69) is 16.8 Å². The number of hydrogen-bond acceptors (Lipinski definition) is 4. The maximum atomic E-state index is 12.4. The fourth-order valence-electron chi connectivity index (χ4n) is 2.81. The summed E-state index contributed by atoms with van der Waals surface area (Å²) in [6.45, 7) is 7.58. The maximum Gasteiger partial charge on any atom is 0.243 e. The number of carbonyl (C=O) groups excluding carboxylic acids is 2. The van der Waals surface area contributed by atoms with Crippen molar-refractivity contribution in [1.29, 1.82) is 0 Å². The molecule has 1 aliphatic heterocycles. The molecule has 1 heterocycles. The van der Waals surface area contributed by atoms with E-state index in [1.165, 1.54) is 12.1 Å². The van der Waals surface area contributed by atoms with Crippen LogP contribution in [0.5, 0.6) is 5.75 Å². The van der Waals surface area contributed by atoms with Gasteiger partial charge in [-0.3, -0.25) is 14.5 Å². The third-order valence-corrected chi connectivity index (χ3v) is 5.09. The minimum absolute atomic E-state index is 0.0510. The fourth-order valence-corrected chi connectivity index (χ4v) is 3.15. The van der Waals surface area contributed by atoms with Crippen molar-refractivity contribution in [2.24, 2.45) is 0 Å². The standard InChI is InChI=1S/C18H23Cl2N3O3/c1-2-17(25)21-5-6-22-7-9-23(10-8-22)18(26)4-3-13-11-14(19)15(20)12-16(13)24/h2,11-12,24H,1,3-10H2,(H,21,25). The van der Waals surface area contributed by atoms with Gasteiger partial charge in [-0.2, -0.15) is 0 Å². The van der Waals surface area contributed by atoms with Crippen molar-refractivity contribution < 1.29 is 14.7 Å². The largest absolute Gasteiger partial charge is 0.508 e. The van der Waals surface area contributed by atoms with Gasteiger partial charge in [0.15, 0.2) is 0 Å². The molecule has 0 unspecified atom stereocenters. The Bertz CT molecular complexity index is 674. The van der Waals surface area contributed by atoms with Crippen LogP contribution < -0.4 is 5.32 Å². The number of phenolic OH excluding ortho intramolecular Hbond substituents is 1. The first kappa shape index (κ1) is 20.6. The molecule has 0 aromatic heterocycles. The van der Waals surface area contributed by atoms with Crippen molar-refractivity contribution in [3.05, 3.63) is 40.4 Å². The monoisotopic (exact) mass is 399 g/mol. The lowest BCUT2D eigenvalue weighted by molar-refractivity contribution is -0.132. The maximum absolute atomic E-state index is 12.4. The van der Waals surface area contributed by atoms with E-state index < -0.39 is 0 Å². The Hall–Kier alpha value is -1.76. The average molecular weight is 400 g/mol. The Morgan fingerprint density at radius 3 is 2.50 bits per heavy atom. The van der Waals surface area contributed by atoms with E-state index in [1.54, 1.807) is 6.07 Å². The number of aryl methyl sites for hydroxylation is 1. The molecule has 1 saturated heterocycles. The van der Waals surface area contributed by atoms with E-state index >= 15 is 0 Å². The normalized spacial score (nSPS) is 14.9. The summed E-state index contributed by atoms with van der Waals surface area (Å²) in [5.41, 5.74) is 0.615. The van der Waals surface area contributed by atoms with Crippen LogP contribution in [0.3, 0.4) is 0 Å². The van der Waals surface area contributed by atoms with Crippen molar-refractivity contribution >= 4 is 35.0 Å². The topological polar surface area (TPSA) is 72.9 Å². The second-order valence-electron chi connectivity index (χ2n) is 6.11. The molecule has 26 heavy (non-hydrogen) atoms. The molecule has 0 saturated carbocycles. The third-order valence-electron chi connectivity index (χ3n) is 4.37. The molecule has 1 aromatic rings. The van der Waals surface area contributed by atoms with Crippen LogP contribution >= 0.6 is 23.2 Å². The molecule has 1 aliphatic rings. The van der Waals surface area contributed by atoms with Crippen LogP contribution in [0.15, 0.2) is 24.8 Å². The van der Waals surface area contributed by atoms with E-state index in [0.29, 0.717) is 48.1 Å². The van der Waals surface area contributed by atoms with Gasteiger partial charge >= 0.3 is 0 Å². The summed E-state index contributed by atoms with van der Waals surface area (Å²) in [5.74, 6) is -0.0713. The molecule has 2 rings (SSSR count). The molecule has 1 aromatic carbocycles. The molecule has 0 radical (unpaired) electrons. The van der Waals surface area contributed by atoms with Crippen LogP contribution in [0.2, 0.25) is 10.0 Å². The summed E-state index contributed by atoms with van der Waals surface area (Å²) in [4.78, 5) is 27.5. The SMILES string of the molecule is C=CC(=O)NCCN1CCN(C(=O)CCc2cc(Cl)c(Cl)cc2O)CC1. The number of phenols is 1. The van der Waals surface area contributed by atoms with E-state index in [0.717, 1.165) is 19.6 Å². The van der Waals surface area contributed by atoms with Crippen LogP contribution in [-0.4, -0.2) is 66.0 Å². The zero-order chi connectivity index (χ0) is 19.1. The van der Waals surface area contributed by atoms with Crippen molar-refractivity contribution in [2.45, 2.75) is 12.8 Å². The van der Waals surface area contributed by atoms with E-state index in [1.807, 2.05) is 4.90 Å². The highest BCUT2D eigenvalue weighted by molar-refractivity contribution is 6.42. The number of amides is 2. The molecule has 2 N–H and O–H groups in total. The second-order valence-corrected chi connectivity index (χ2v) is 6.93. The molecular formula is C18H23Cl2N3O3. The first-order valence-electron chi connectivity index (χ1n) is 8.48. The first-order valence-corrected chi connectivity index (χ1v) is 9.23. The summed E-state index contributed by atoms with van der Waals surface area (Å²) in [5, 5.41) is 13.3. The van der Waals surface area contributed by atoms with Crippen LogP contribution in [-0.2, 0) is 16.0 Å². The van der Waals surface area contributed by atoms with Gasteiger partial charge in [0, 0.05) is 51.8 Å². The number of carbonyl (C=O) groups is 2. The zero-order valence-electron chi connectivity index (χ0n) is 14.5. The Morgan fingerprint density at radius 2 is 1.85 bits per heavy atom. The van der Waals surface area contributed by atoms with Crippen molar-refractivity contribution in [3.63, 3.8) is 0 Å². The van der Waals surface area contributed by atoms with E-state index in [9.17, 15) is 14.7 Å². The predicted octanol–water partition coefficient (Wildman–Crippen LogP) is 2.08. The average Bonchev–Trinajstić information content (AvgIpc) is 2.63. The third kappa shape index (κ3) is 5.90. The van der Waals surface area contributed by atoms with Gasteiger partial charge in [0.1, 0.15) is 5.75 Å². The van der Waals surface area contributed by atoms with Gasteiger partial charge in [-0.05, 0) is 24.1 Å². The van der Waals surface area contributed by atoms with Gasteiger partial charge in [-0.1, -0.05) is 29.8 Å². The smallest absolute Gasteiger partial charge is 0.243 e. The van der Waals surface area contributed by atoms with Gasteiger partial charge in [0.2, 0.25) is 11.8 Å². The highest BCUT2D eigenvalue weighted by Crippen LogP contribution is 2.30. The molecule has 2 amide bonds. The number of aromatic hydroxyl groups is 1. The van der Waals surface area contributed by atoms with Crippen LogP contribution in [0.1, 0.15) is 12.0 Å². The van der Waals surface area contributed by atoms with Gasteiger partial charge in [0.25, 0.3) is 0 Å². The summed E-state index contributed by atoms with van der Waals surface area (Å²) in [7, 11) is 0. The minimum Gasteiger partial charge on any atom is -0.508 e. The van der Waals surface area contributed by atoms with Crippen LogP contribution in [0.25, 0.3) is 0 Å². The quantitative estimate of drug-likeness (QED) is 0.688. The van der Waals surface area contributed by atoms with Crippen molar-refractivity contribution in [1.82, 2.24) is 15.1 Å². The predicted molar refractivity (Wildman–Crippen MR) is 103 cm³/mol. The molecule has 8 heteroatoms. The Balaban J connectivity index is 1.74. The number of piperazine rings is 1. The minimum atomic E-state index is -0.177. The number of nitrogens with zero attached hydrogens (tertiary/aromatic N) is 2. The van der Waals surface area contributed by atoms with Crippen molar-refractivity contribution in [2.75, 3.05) is 39.3 Å². The summed E-state index contributed by atoms with van der Waals surface area (Å²) >= 11 is 11.8. The lowest BCUT2D eigenvalue weighted by Crippen LogP contribution is -2.50. The summed E-state index contributed by atoms with van der Waals surface area (Å²) < 4.78 is 0. The zero-order valence-corrected chi connectivity index (χ0v) is 16.0. The molecule has 142 valence electrons. The summed E-state index contributed by atoms with van der Waals surface area (Å²) in [6.07, 6.45) is 1.97. The molecule has 0 spiro atoms. The number of hydrogen-bond donors (Lipinski definition) is 2. The number of benzene rings is 1. The highest BCUT2D eigenvalue weighted by Gasteiger charge is 2.21. The first-order chi connectivity index (χ1) is 12.4. The van der Waals surface area contributed by atoms with Crippen molar-refractivity contribution in [3.8, 4) is 5.75 Å². The summed E-state index contributed by atoms with van der Waals surface area (Å²) in [6, 6.07) is 3.00. The molecule has 1 fully saturated rings. The number of nitrogens with one attached hydrogen (secondary N) is 1. The molecule has 0 atom stereocenters. The molecule has 0 bridgehead atoms. The fraction of sp³-hybridized carbons (Fsp3) is 0.444. The van der Waals surface area contributed by atoms with Crippen LogP contribution in [0, 0.1) is 0 Å². The molecule has 0 aliphatic carbocycles. The lowest BCUT2D eigenvalue weighted by Gasteiger charge is -2.34.